The minimum absolute atomic E-state index is 0.0388. The van der Waals surface area contributed by atoms with E-state index in [4.69, 9.17) is 0 Å². The Bertz CT molecular complexity index is 342. The van der Waals surface area contributed by atoms with E-state index in [9.17, 15) is 0 Å². The van der Waals surface area contributed by atoms with Gasteiger partial charge in [-0.05, 0) is 37.6 Å². The Morgan fingerprint density at radius 2 is 1.93 bits per heavy atom. The smallest absolute Gasteiger partial charge is 0.00713 e. The van der Waals surface area contributed by atoms with E-state index in [1.165, 1.54) is 19.3 Å². The summed E-state index contributed by atoms with van der Waals surface area (Å²) in [4.78, 5) is 0. The fourth-order valence-electron chi connectivity index (χ4n) is 2.73. The zero-order chi connectivity index (χ0) is 9.38. The standard InChI is InChI=1S/C13H15P/c1-2-6-12(7-3-1)14-10-9-11-5-4-8-13(11)14/h1-3,6-7,9-11,13H,4-5,8H2/t11-,13-,14+/m0/s1. The average Bonchev–Trinajstić information content (AvgIpc) is 2.79. The van der Waals surface area contributed by atoms with E-state index in [1.807, 2.05) is 0 Å². The molecule has 1 aliphatic carbocycles. The molecule has 1 heteroatoms. The monoisotopic (exact) mass is 202 g/mol. The number of hydrogen-bond acceptors (Lipinski definition) is 0. The molecule has 0 bridgehead atoms. The predicted octanol–water partition coefficient (Wildman–Crippen LogP) is 3.49. The molecule has 0 saturated heterocycles. The van der Waals surface area contributed by atoms with Crippen LogP contribution in [0.4, 0.5) is 0 Å². The summed E-state index contributed by atoms with van der Waals surface area (Å²) in [6.45, 7) is 0. The molecule has 2 aliphatic rings. The molecule has 0 N–H and O–H groups in total. The van der Waals surface area contributed by atoms with Crippen molar-refractivity contribution in [3.63, 3.8) is 0 Å². The highest BCUT2D eigenvalue weighted by Gasteiger charge is 2.35. The van der Waals surface area contributed by atoms with Crippen molar-refractivity contribution in [2.45, 2.75) is 24.9 Å². The number of rotatable bonds is 1. The van der Waals surface area contributed by atoms with Crippen LogP contribution in [0.2, 0.25) is 0 Å². The summed E-state index contributed by atoms with van der Waals surface area (Å²) >= 11 is 0. The van der Waals surface area contributed by atoms with Gasteiger partial charge in [0.15, 0.2) is 0 Å². The Balaban J connectivity index is 1.90. The van der Waals surface area contributed by atoms with Gasteiger partial charge in [-0.2, -0.15) is 0 Å². The maximum Gasteiger partial charge on any atom is -0.00713 e. The second-order valence-corrected chi connectivity index (χ2v) is 6.54. The molecule has 0 radical (unpaired) electrons. The summed E-state index contributed by atoms with van der Waals surface area (Å²) < 4.78 is 0. The van der Waals surface area contributed by atoms with Gasteiger partial charge in [0.25, 0.3) is 0 Å². The lowest BCUT2D eigenvalue weighted by atomic mass is 10.1. The first-order valence-electron chi connectivity index (χ1n) is 5.47. The third kappa shape index (κ3) is 1.33. The van der Waals surface area contributed by atoms with Crippen molar-refractivity contribution in [3.05, 3.63) is 42.2 Å². The summed E-state index contributed by atoms with van der Waals surface area (Å²) in [6.07, 6.45) is 6.83. The van der Waals surface area contributed by atoms with Crippen LogP contribution in [0.15, 0.2) is 42.2 Å². The normalized spacial score (nSPS) is 34.7. The van der Waals surface area contributed by atoms with Crippen LogP contribution in [0.25, 0.3) is 0 Å². The Kier molecular flexibility index (Phi) is 2.18. The van der Waals surface area contributed by atoms with Crippen molar-refractivity contribution >= 4 is 13.2 Å². The van der Waals surface area contributed by atoms with Crippen molar-refractivity contribution in [3.8, 4) is 0 Å². The van der Waals surface area contributed by atoms with Gasteiger partial charge in [-0.3, -0.25) is 0 Å². The molecule has 0 spiro atoms. The lowest BCUT2D eigenvalue weighted by Gasteiger charge is -2.19. The van der Waals surface area contributed by atoms with Gasteiger partial charge in [-0.15, -0.1) is 0 Å². The molecular formula is C13H15P. The van der Waals surface area contributed by atoms with E-state index in [1.54, 1.807) is 5.30 Å². The minimum atomic E-state index is 0.0388. The van der Waals surface area contributed by atoms with E-state index < -0.39 is 0 Å². The fraction of sp³-hybridized carbons (Fsp3) is 0.385. The van der Waals surface area contributed by atoms with Gasteiger partial charge >= 0.3 is 0 Å². The fourth-order valence-corrected chi connectivity index (χ4v) is 5.55. The Hall–Kier alpha value is -0.610. The summed E-state index contributed by atoms with van der Waals surface area (Å²) in [5, 5.41) is 1.58. The van der Waals surface area contributed by atoms with Crippen molar-refractivity contribution < 1.29 is 0 Å². The molecule has 72 valence electrons. The molecule has 0 amide bonds. The van der Waals surface area contributed by atoms with E-state index >= 15 is 0 Å². The van der Waals surface area contributed by atoms with Crippen molar-refractivity contribution in [1.82, 2.24) is 0 Å². The van der Waals surface area contributed by atoms with Crippen LogP contribution in [0.3, 0.4) is 0 Å². The molecule has 3 atom stereocenters. The summed E-state index contributed by atoms with van der Waals surface area (Å²) in [6, 6.07) is 11.1. The highest BCUT2D eigenvalue weighted by atomic mass is 31.1. The number of allylic oxidation sites excluding steroid dienone is 1. The average molecular weight is 202 g/mol. The molecule has 1 aromatic rings. The van der Waals surface area contributed by atoms with Gasteiger partial charge in [0.2, 0.25) is 0 Å². The maximum absolute atomic E-state index is 2.50. The van der Waals surface area contributed by atoms with Crippen LogP contribution in [0.1, 0.15) is 19.3 Å². The highest BCUT2D eigenvalue weighted by Crippen LogP contribution is 2.56. The second-order valence-electron chi connectivity index (χ2n) is 4.25. The summed E-state index contributed by atoms with van der Waals surface area (Å²) in [7, 11) is 0.0388. The van der Waals surface area contributed by atoms with E-state index in [0.29, 0.717) is 0 Å². The predicted molar refractivity (Wildman–Crippen MR) is 63.3 cm³/mol. The lowest BCUT2D eigenvalue weighted by molar-refractivity contribution is 0.706. The zero-order valence-corrected chi connectivity index (χ0v) is 9.16. The largest absolute Gasteiger partial charge is 0.0800 e. The van der Waals surface area contributed by atoms with Crippen LogP contribution in [0, 0.1) is 5.92 Å². The van der Waals surface area contributed by atoms with Gasteiger partial charge in [0.1, 0.15) is 0 Å². The maximum atomic E-state index is 2.50. The van der Waals surface area contributed by atoms with Crippen molar-refractivity contribution in [1.29, 1.82) is 0 Å². The van der Waals surface area contributed by atoms with Crippen LogP contribution < -0.4 is 5.30 Å². The van der Waals surface area contributed by atoms with Gasteiger partial charge in [-0.25, -0.2) is 0 Å². The number of hydrogen-bond donors (Lipinski definition) is 0. The Morgan fingerprint density at radius 3 is 2.79 bits per heavy atom. The van der Waals surface area contributed by atoms with Crippen molar-refractivity contribution in [2.24, 2.45) is 5.92 Å². The molecule has 1 saturated carbocycles. The van der Waals surface area contributed by atoms with Crippen LogP contribution in [-0.4, -0.2) is 5.66 Å². The molecular weight excluding hydrogens is 187 g/mol. The molecule has 0 nitrogen and oxygen atoms in total. The van der Waals surface area contributed by atoms with E-state index in [0.717, 1.165) is 11.6 Å². The van der Waals surface area contributed by atoms with Gasteiger partial charge in [0.05, 0.1) is 0 Å². The van der Waals surface area contributed by atoms with Crippen LogP contribution in [0.5, 0.6) is 0 Å². The van der Waals surface area contributed by atoms with Gasteiger partial charge in [0, 0.05) is 0 Å². The molecule has 0 aromatic heterocycles. The third-order valence-corrected chi connectivity index (χ3v) is 6.18. The topological polar surface area (TPSA) is 0 Å². The summed E-state index contributed by atoms with van der Waals surface area (Å²) in [5.41, 5.74) is 0.979. The molecule has 3 rings (SSSR count). The SMILES string of the molecule is C1=C[P@](c2ccccc2)[C@H]2CCC[C@@H]12. The Labute approximate surface area is 86.8 Å². The van der Waals surface area contributed by atoms with Gasteiger partial charge in [-0.1, -0.05) is 48.6 Å². The van der Waals surface area contributed by atoms with Crippen LogP contribution in [-0.2, 0) is 0 Å². The van der Waals surface area contributed by atoms with Gasteiger partial charge < -0.3 is 0 Å². The molecule has 0 unspecified atom stereocenters. The molecule has 1 aliphatic heterocycles. The lowest BCUT2D eigenvalue weighted by Crippen LogP contribution is -2.10. The molecule has 1 heterocycles. The Morgan fingerprint density at radius 1 is 1.07 bits per heavy atom. The molecule has 1 fully saturated rings. The molecule has 1 aromatic carbocycles. The first-order valence-corrected chi connectivity index (χ1v) is 6.95. The highest BCUT2D eigenvalue weighted by molar-refractivity contribution is 7.69. The zero-order valence-electron chi connectivity index (χ0n) is 8.26. The first-order chi connectivity index (χ1) is 6.95. The quantitative estimate of drug-likeness (QED) is 0.611. The third-order valence-electron chi connectivity index (χ3n) is 3.44. The minimum Gasteiger partial charge on any atom is -0.0800 e. The summed E-state index contributed by atoms with van der Waals surface area (Å²) in [5.74, 6) is 3.42. The number of benzene rings is 1. The second kappa shape index (κ2) is 3.51. The first kappa shape index (κ1) is 8.68. The van der Waals surface area contributed by atoms with E-state index in [-0.39, 0.29) is 7.92 Å². The molecule has 14 heavy (non-hydrogen) atoms. The number of fused-ring (bicyclic) bond motifs is 1. The van der Waals surface area contributed by atoms with Crippen LogP contribution >= 0.6 is 7.92 Å². The van der Waals surface area contributed by atoms with Crippen molar-refractivity contribution in [2.75, 3.05) is 0 Å². The van der Waals surface area contributed by atoms with E-state index in [2.05, 4.69) is 42.2 Å².